The second-order valence-corrected chi connectivity index (χ2v) is 6.28. The molecule has 0 radical (unpaired) electrons. The minimum absolute atomic E-state index is 0.621. The molecule has 0 atom stereocenters. The molecular weight excluding hydrogens is 258 g/mol. The predicted octanol–water partition coefficient (Wildman–Crippen LogP) is 3.85. The van der Waals surface area contributed by atoms with Crippen molar-refractivity contribution >= 4 is 11.6 Å². The van der Waals surface area contributed by atoms with Crippen molar-refractivity contribution < 1.29 is 4.74 Å². The quantitative estimate of drug-likeness (QED) is 0.767. The minimum Gasteiger partial charge on any atom is -0.380 e. The normalized spacial score (nSPS) is 22.5. The van der Waals surface area contributed by atoms with Crippen LogP contribution in [0, 0.1) is 5.92 Å². The van der Waals surface area contributed by atoms with Crippen LogP contribution in [0.4, 0.5) is 0 Å². The number of hydrogen-bond donors (Lipinski definition) is 1. The maximum Gasteiger partial charge on any atom is 0.0591 e. The first-order valence-corrected chi connectivity index (χ1v) is 7.59. The SMILES string of the molecule is CC(C)COCCNC1CC(c2cccc(Cl)c2)C1. The van der Waals surface area contributed by atoms with Crippen LogP contribution in [0.2, 0.25) is 5.02 Å². The molecule has 3 heteroatoms. The molecule has 0 unspecified atom stereocenters. The Bertz CT molecular complexity index is 388. The lowest BCUT2D eigenvalue weighted by atomic mass is 9.76. The van der Waals surface area contributed by atoms with Crippen LogP contribution < -0.4 is 5.32 Å². The summed E-state index contributed by atoms with van der Waals surface area (Å²) < 4.78 is 5.56. The molecule has 0 aromatic heterocycles. The third-order valence-corrected chi connectivity index (χ3v) is 3.82. The van der Waals surface area contributed by atoms with Crippen LogP contribution in [0.3, 0.4) is 0 Å². The fourth-order valence-electron chi connectivity index (χ4n) is 2.47. The first-order chi connectivity index (χ1) is 9.15. The molecule has 0 bridgehead atoms. The van der Waals surface area contributed by atoms with Gasteiger partial charge in [0.05, 0.1) is 6.61 Å². The smallest absolute Gasteiger partial charge is 0.0591 e. The summed E-state index contributed by atoms with van der Waals surface area (Å²) in [7, 11) is 0. The molecule has 1 saturated carbocycles. The molecule has 0 aliphatic heterocycles. The molecule has 1 aromatic rings. The third-order valence-electron chi connectivity index (χ3n) is 3.59. The highest BCUT2D eigenvalue weighted by Crippen LogP contribution is 2.37. The van der Waals surface area contributed by atoms with Gasteiger partial charge in [0, 0.05) is 24.2 Å². The molecule has 0 saturated heterocycles. The lowest BCUT2D eigenvalue weighted by Gasteiger charge is -2.36. The van der Waals surface area contributed by atoms with Gasteiger partial charge in [0.2, 0.25) is 0 Å². The maximum atomic E-state index is 6.02. The van der Waals surface area contributed by atoms with Crippen molar-refractivity contribution in [3.63, 3.8) is 0 Å². The summed E-state index contributed by atoms with van der Waals surface area (Å²) in [6.07, 6.45) is 2.43. The Labute approximate surface area is 121 Å². The van der Waals surface area contributed by atoms with Crippen molar-refractivity contribution in [2.75, 3.05) is 19.8 Å². The first-order valence-electron chi connectivity index (χ1n) is 7.21. The van der Waals surface area contributed by atoms with Crippen LogP contribution in [0.25, 0.3) is 0 Å². The third kappa shape index (κ3) is 4.79. The van der Waals surface area contributed by atoms with E-state index in [0.29, 0.717) is 17.9 Å². The van der Waals surface area contributed by atoms with Gasteiger partial charge in [0.1, 0.15) is 0 Å². The van der Waals surface area contributed by atoms with Gasteiger partial charge < -0.3 is 10.1 Å². The highest BCUT2D eigenvalue weighted by atomic mass is 35.5. The molecule has 1 aliphatic carbocycles. The minimum atomic E-state index is 0.621. The van der Waals surface area contributed by atoms with Gasteiger partial charge in [-0.25, -0.2) is 0 Å². The average molecular weight is 282 g/mol. The number of nitrogens with one attached hydrogen (secondary N) is 1. The van der Waals surface area contributed by atoms with Crippen molar-refractivity contribution in [2.45, 2.75) is 38.6 Å². The summed E-state index contributed by atoms with van der Waals surface area (Å²) in [6.45, 7) is 6.98. The molecule has 19 heavy (non-hydrogen) atoms. The fraction of sp³-hybridized carbons (Fsp3) is 0.625. The largest absolute Gasteiger partial charge is 0.380 e. The standard InChI is InChI=1S/C16H24ClNO/c1-12(2)11-19-7-6-18-16-9-14(10-16)13-4-3-5-15(17)8-13/h3-5,8,12,14,16,18H,6-7,9-11H2,1-2H3. The molecule has 0 spiro atoms. The topological polar surface area (TPSA) is 21.3 Å². The summed E-state index contributed by atoms with van der Waals surface area (Å²) in [6, 6.07) is 8.89. The van der Waals surface area contributed by atoms with E-state index in [4.69, 9.17) is 16.3 Å². The van der Waals surface area contributed by atoms with Crippen LogP contribution in [0.1, 0.15) is 38.2 Å². The van der Waals surface area contributed by atoms with E-state index in [1.54, 1.807) is 0 Å². The molecule has 1 aliphatic rings. The number of halogens is 1. The second-order valence-electron chi connectivity index (χ2n) is 5.84. The summed E-state index contributed by atoms with van der Waals surface area (Å²) in [5.41, 5.74) is 1.38. The van der Waals surface area contributed by atoms with E-state index in [2.05, 4.69) is 31.3 Å². The molecule has 1 fully saturated rings. The van der Waals surface area contributed by atoms with Crippen molar-refractivity contribution in [1.29, 1.82) is 0 Å². The zero-order valence-corrected chi connectivity index (χ0v) is 12.6. The van der Waals surface area contributed by atoms with Crippen LogP contribution in [-0.2, 0) is 4.74 Å². The van der Waals surface area contributed by atoms with E-state index in [9.17, 15) is 0 Å². The van der Waals surface area contributed by atoms with Crippen molar-refractivity contribution in [3.05, 3.63) is 34.9 Å². The molecule has 0 amide bonds. The van der Waals surface area contributed by atoms with Crippen LogP contribution in [0.5, 0.6) is 0 Å². The first kappa shape index (κ1) is 14.8. The van der Waals surface area contributed by atoms with Gasteiger partial charge in [-0.05, 0) is 42.4 Å². The van der Waals surface area contributed by atoms with E-state index >= 15 is 0 Å². The van der Waals surface area contributed by atoms with Gasteiger partial charge in [-0.1, -0.05) is 37.6 Å². The second kappa shape index (κ2) is 7.28. The monoisotopic (exact) mass is 281 g/mol. The predicted molar refractivity (Wildman–Crippen MR) is 80.9 cm³/mol. The van der Waals surface area contributed by atoms with E-state index in [-0.39, 0.29) is 0 Å². The Balaban J connectivity index is 1.59. The number of benzene rings is 1. The van der Waals surface area contributed by atoms with Crippen molar-refractivity contribution in [3.8, 4) is 0 Å². The van der Waals surface area contributed by atoms with E-state index < -0.39 is 0 Å². The maximum absolute atomic E-state index is 6.02. The number of rotatable bonds is 7. The highest BCUT2D eigenvalue weighted by molar-refractivity contribution is 6.30. The Morgan fingerprint density at radius 3 is 2.84 bits per heavy atom. The van der Waals surface area contributed by atoms with Crippen LogP contribution >= 0.6 is 11.6 Å². The van der Waals surface area contributed by atoms with Crippen molar-refractivity contribution in [2.24, 2.45) is 5.92 Å². The lowest BCUT2D eigenvalue weighted by Crippen LogP contribution is -2.41. The van der Waals surface area contributed by atoms with E-state index in [1.807, 2.05) is 12.1 Å². The van der Waals surface area contributed by atoms with Gasteiger partial charge in [-0.15, -0.1) is 0 Å². The summed E-state index contributed by atoms with van der Waals surface area (Å²) >= 11 is 6.02. The molecule has 2 nitrogen and oxygen atoms in total. The molecule has 1 aromatic carbocycles. The van der Waals surface area contributed by atoms with Gasteiger partial charge in [0.15, 0.2) is 0 Å². The summed E-state index contributed by atoms with van der Waals surface area (Å²) in [5.74, 6) is 1.30. The molecule has 0 heterocycles. The zero-order chi connectivity index (χ0) is 13.7. The Morgan fingerprint density at radius 2 is 2.16 bits per heavy atom. The van der Waals surface area contributed by atoms with E-state index in [1.165, 1.54) is 18.4 Å². The Hall–Kier alpha value is -0.570. The van der Waals surface area contributed by atoms with Crippen LogP contribution in [-0.4, -0.2) is 25.8 Å². The Morgan fingerprint density at radius 1 is 1.37 bits per heavy atom. The van der Waals surface area contributed by atoms with Gasteiger partial charge >= 0.3 is 0 Å². The highest BCUT2D eigenvalue weighted by Gasteiger charge is 2.29. The van der Waals surface area contributed by atoms with Gasteiger partial charge in [0.25, 0.3) is 0 Å². The average Bonchev–Trinajstić information content (AvgIpc) is 2.30. The summed E-state index contributed by atoms with van der Waals surface area (Å²) in [4.78, 5) is 0. The Kier molecular flexibility index (Phi) is 5.68. The van der Waals surface area contributed by atoms with Crippen LogP contribution in [0.15, 0.2) is 24.3 Å². The molecule has 2 rings (SSSR count). The van der Waals surface area contributed by atoms with Crippen molar-refractivity contribution in [1.82, 2.24) is 5.32 Å². The van der Waals surface area contributed by atoms with E-state index in [0.717, 1.165) is 24.8 Å². The zero-order valence-electron chi connectivity index (χ0n) is 11.9. The molecule has 1 N–H and O–H groups in total. The van der Waals surface area contributed by atoms with Gasteiger partial charge in [-0.3, -0.25) is 0 Å². The number of ether oxygens (including phenoxy) is 1. The summed E-state index contributed by atoms with van der Waals surface area (Å²) in [5, 5.41) is 4.39. The number of hydrogen-bond acceptors (Lipinski definition) is 2. The van der Waals surface area contributed by atoms with Gasteiger partial charge in [-0.2, -0.15) is 0 Å². The lowest BCUT2D eigenvalue weighted by molar-refractivity contribution is 0.106. The molecular formula is C16H24ClNO. The fourth-order valence-corrected chi connectivity index (χ4v) is 2.67. The molecule has 106 valence electrons.